The summed E-state index contributed by atoms with van der Waals surface area (Å²) in [4.78, 5) is 39.4. The summed E-state index contributed by atoms with van der Waals surface area (Å²) < 4.78 is 5.74. The third kappa shape index (κ3) is 4.20. The molecule has 0 saturated carbocycles. The van der Waals surface area contributed by atoms with E-state index in [1.807, 2.05) is 30.3 Å². The minimum atomic E-state index is -0.992. The summed E-state index contributed by atoms with van der Waals surface area (Å²) in [5, 5.41) is 12.2. The predicted octanol–water partition coefficient (Wildman–Crippen LogP) is 4.06. The number of nitrogens with one attached hydrogen (secondary N) is 1. The first kappa shape index (κ1) is 21.6. The molecule has 5 rings (SSSR count). The molecule has 0 bridgehead atoms. The fourth-order valence-electron chi connectivity index (χ4n) is 3.80. The fraction of sp³-hybridized carbons (Fsp3) is 0.125. The lowest BCUT2D eigenvalue weighted by Gasteiger charge is -2.20. The largest absolute Gasteiger partial charge is 0.457 e. The minimum Gasteiger partial charge on any atom is -0.457 e. The molecule has 34 heavy (non-hydrogen) atoms. The van der Waals surface area contributed by atoms with Gasteiger partial charge in [0.25, 0.3) is 11.8 Å². The van der Waals surface area contributed by atoms with Crippen LogP contribution in [0.3, 0.4) is 0 Å². The zero-order chi connectivity index (χ0) is 23.7. The molecule has 1 saturated heterocycles. The zero-order valence-electron chi connectivity index (χ0n) is 17.7. The summed E-state index contributed by atoms with van der Waals surface area (Å²) in [5.41, 5.74) is 0.904. The summed E-state index contributed by atoms with van der Waals surface area (Å²) in [7, 11) is 0. The standard InChI is InChI=1S/C24H18ClN5O4/c25-15-5-4-6-17(13-15)30-23(32)21-22(24(30)33)29(28-27-21)14-20(31)26-16-9-11-19(12-10-16)34-18-7-2-1-3-8-18/h1-13,21-22H,14H2,(H,26,31)/t21-,22-/m1/s1. The Morgan fingerprint density at radius 1 is 0.941 bits per heavy atom. The summed E-state index contributed by atoms with van der Waals surface area (Å²) in [6.45, 7) is -0.241. The summed E-state index contributed by atoms with van der Waals surface area (Å²) in [6.07, 6.45) is 0. The van der Waals surface area contributed by atoms with Gasteiger partial charge in [0.15, 0.2) is 12.1 Å². The Hall–Kier alpha value is -4.24. The maximum absolute atomic E-state index is 13.0. The third-order valence-electron chi connectivity index (χ3n) is 5.35. The van der Waals surface area contributed by atoms with Crippen LogP contribution in [0.25, 0.3) is 0 Å². The van der Waals surface area contributed by atoms with E-state index < -0.39 is 29.8 Å². The van der Waals surface area contributed by atoms with Gasteiger partial charge in [-0.2, -0.15) is 5.11 Å². The Morgan fingerprint density at radius 3 is 2.41 bits per heavy atom. The van der Waals surface area contributed by atoms with Gasteiger partial charge in [0.1, 0.15) is 18.0 Å². The van der Waals surface area contributed by atoms with E-state index in [9.17, 15) is 14.4 Å². The number of para-hydroxylation sites is 1. The highest BCUT2D eigenvalue weighted by molar-refractivity contribution is 6.31. The monoisotopic (exact) mass is 475 g/mol. The van der Waals surface area contributed by atoms with Crippen molar-refractivity contribution in [3.8, 4) is 11.5 Å². The molecule has 0 unspecified atom stereocenters. The molecule has 9 nitrogen and oxygen atoms in total. The average Bonchev–Trinajstić information content (AvgIpc) is 3.35. The smallest absolute Gasteiger partial charge is 0.263 e. The molecule has 0 radical (unpaired) electrons. The number of halogens is 1. The van der Waals surface area contributed by atoms with Crippen LogP contribution in [0.4, 0.5) is 11.4 Å². The fourth-order valence-corrected chi connectivity index (χ4v) is 3.99. The van der Waals surface area contributed by atoms with Crippen molar-refractivity contribution in [2.45, 2.75) is 12.1 Å². The number of carbonyl (C=O) groups excluding carboxylic acids is 3. The van der Waals surface area contributed by atoms with Crippen molar-refractivity contribution in [2.24, 2.45) is 10.3 Å². The topological polar surface area (TPSA) is 104 Å². The molecule has 3 aromatic rings. The van der Waals surface area contributed by atoms with Gasteiger partial charge >= 0.3 is 0 Å². The number of hydrogen-bond donors (Lipinski definition) is 1. The van der Waals surface area contributed by atoms with E-state index in [-0.39, 0.29) is 6.54 Å². The van der Waals surface area contributed by atoms with Crippen molar-refractivity contribution in [1.82, 2.24) is 5.01 Å². The van der Waals surface area contributed by atoms with E-state index in [4.69, 9.17) is 16.3 Å². The molecule has 2 aliphatic rings. The van der Waals surface area contributed by atoms with Crippen LogP contribution in [0, 0.1) is 0 Å². The second-order valence-corrected chi connectivity index (χ2v) is 8.11. The van der Waals surface area contributed by atoms with Gasteiger partial charge in [0, 0.05) is 10.7 Å². The normalized spacial score (nSPS) is 18.9. The van der Waals surface area contributed by atoms with Gasteiger partial charge in [-0.25, -0.2) is 4.90 Å². The lowest BCUT2D eigenvalue weighted by molar-refractivity contribution is -0.123. The van der Waals surface area contributed by atoms with Crippen LogP contribution < -0.4 is 15.0 Å². The van der Waals surface area contributed by atoms with E-state index in [2.05, 4.69) is 15.7 Å². The van der Waals surface area contributed by atoms with E-state index in [1.54, 1.807) is 42.5 Å². The van der Waals surface area contributed by atoms with Crippen LogP contribution in [-0.4, -0.2) is 41.4 Å². The highest BCUT2D eigenvalue weighted by atomic mass is 35.5. The van der Waals surface area contributed by atoms with Gasteiger partial charge < -0.3 is 10.1 Å². The first-order valence-electron chi connectivity index (χ1n) is 10.4. The number of hydrogen-bond acceptors (Lipinski definition) is 7. The van der Waals surface area contributed by atoms with Crippen molar-refractivity contribution in [2.75, 3.05) is 16.8 Å². The minimum absolute atomic E-state index is 0.241. The Morgan fingerprint density at radius 2 is 1.68 bits per heavy atom. The van der Waals surface area contributed by atoms with E-state index in [0.717, 1.165) is 4.90 Å². The van der Waals surface area contributed by atoms with Gasteiger partial charge in [-0.1, -0.05) is 41.1 Å². The molecule has 2 aliphatic heterocycles. The molecule has 0 spiro atoms. The summed E-state index contributed by atoms with van der Waals surface area (Å²) >= 11 is 6.00. The highest BCUT2D eigenvalue weighted by Crippen LogP contribution is 2.32. The number of anilines is 2. The molecular weight excluding hydrogens is 458 g/mol. The van der Waals surface area contributed by atoms with Gasteiger partial charge in [-0.05, 0) is 54.6 Å². The molecule has 170 valence electrons. The number of imide groups is 1. The second kappa shape index (κ2) is 8.95. The Balaban J connectivity index is 1.22. The van der Waals surface area contributed by atoms with Crippen LogP contribution in [0.15, 0.2) is 89.2 Å². The predicted molar refractivity (Wildman–Crippen MR) is 125 cm³/mol. The van der Waals surface area contributed by atoms with Crippen LogP contribution in [0.2, 0.25) is 5.02 Å². The lowest BCUT2D eigenvalue weighted by Crippen LogP contribution is -2.43. The van der Waals surface area contributed by atoms with Crippen molar-refractivity contribution >= 4 is 40.7 Å². The number of ether oxygens (including phenoxy) is 1. The van der Waals surface area contributed by atoms with Gasteiger partial charge in [0.05, 0.1) is 5.69 Å². The second-order valence-electron chi connectivity index (χ2n) is 7.67. The number of nitrogens with zero attached hydrogens (tertiary/aromatic N) is 4. The maximum Gasteiger partial charge on any atom is 0.263 e. The molecule has 0 aliphatic carbocycles. The summed E-state index contributed by atoms with van der Waals surface area (Å²) in [6, 6.07) is 20.7. The quantitative estimate of drug-likeness (QED) is 0.541. The van der Waals surface area contributed by atoms with Crippen molar-refractivity contribution in [1.29, 1.82) is 0 Å². The molecule has 3 aromatic carbocycles. The third-order valence-corrected chi connectivity index (χ3v) is 5.58. The van der Waals surface area contributed by atoms with Gasteiger partial charge in [-0.15, -0.1) is 0 Å². The zero-order valence-corrected chi connectivity index (χ0v) is 18.4. The Bertz CT molecular complexity index is 1280. The van der Waals surface area contributed by atoms with Gasteiger partial charge in [-0.3, -0.25) is 19.4 Å². The molecule has 2 atom stereocenters. The van der Waals surface area contributed by atoms with E-state index in [1.165, 1.54) is 11.1 Å². The summed E-state index contributed by atoms with van der Waals surface area (Å²) in [5.74, 6) is -0.0828. The van der Waals surface area contributed by atoms with Crippen LogP contribution in [0.5, 0.6) is 11.5 Å². The van der Waals surface area contributed by atoms with Crippen LogP contribution >= 0.6 is 11.6 Å². The van der Waals surface area contributed by atoms with Crippen molar-refractivity contribution in [3.05, 3.63) is 83.9 Å². The molecule has 2 heterocycles. The molecule has 0 aromatic heterocycles. The van der Waals surface area contributed by atoms with Crippen molar-refractivity contribution < 1.29 is 19.1 Å². The first-order chi connectivity index (χ1) is 16.5. The van der Waals surface area contributed by atoms with Crippen LogP contribution in [-0.2, 0) is 14.4 Å². The Kier molecular flexibility index (Phi) is 5.69. The molecule has 1 N–H and O–H groups in total. The molecule has 10 heteroatoms. The number of fused-ring (bicyclic) bond motifs is 1. The van der Waals surface area contributed by atoms with Gasteiger partial charge in [0.2, 0.25) is 5.91 Å². The van der Waals surface area contributed by atoms with E-state index in [0.29, 0.717) is 27.9 Å². The number of amides is 3. The average molecular weight is 476 g/mol. The van der Waals surface area contributed by atoms with Crippen LogP contribution in [0.1, 0.15) is 0 Å². The maximum atomic E-state index is 13.0. The number of rotatable bonds is 6. The van der Waals surface area contributed by atoms with E-state index >= 15 is 0 Å². The molecular formula is C24H18ClN5O4. The molecule has 1 fully saturated rings. The first-order valence-corrected chi connectivity index (χ1v) is 10.8. The highest BCUT2D eigenvalue weighted by Gasteiger charge is 2.55. The number of carbonyl (C=O) groups is 3. The lowest BCUT2D eigenvalue weighted by atomic mass is 10.1. The number of benzene rings is 3. The van der Waals surface area contributed by atoms with Crippen molar-refractivity contribution in [3.63, 3.8) is 0 Å². The Labute approximate surface area is 199 Å². The molecule has 3 amide bonds. The SMILES string of the molecule is O=C(CN1N=N[C@H]2C(=O)N(c3cccc(Cl)c3)C(=O)[C@@H]21)Nc1ccc(Oc2ccccc2)cc1.